The maximum Gasteiger partial charge on any atom is 0.196 e. The number of hydrogen-bond donors (Lipinski definition) is 0. The van der Waals surface area contributed by atoms with Gasteiger partial charge in [0.1, 0.15) is 16.9 Å². The highest BCUT2D eigenvalue weighted by molar-refractivity contribution is 6.31. The molecular weight excluding hydrogens is 564 g/mol. The van der Waals surface area contributed by atoms with Crippen molar-refractivity contribution in [2.75, 3.05) is 0 Å². The van der Waals surface area contributed by atoms with E-state index in [2.05, 4.69) is 116 Å². The number of hydrogen-bond acceptors (Lipinski definition) is 4. The second-order valence-electron chi connectivity index (χ2n) is 13.5. The van der Waals surface area contributed by atoms with Gasteiger partial charge in [0.05, 0.1) is 11.6 Å². The van der Waals surface area contributed by atoms with E-state index in [1.165, 1.54) is 38.8 Å². The van der Waals surface area contributed by atoms with Crippen molar-refractivity contribution in [2.45, 2.75) is 50.3 Å². The van der Waals surface area contributed by atoms with E-state index in [4.69, 9.17) is 19.1 Å². The summed E-state index contributed by atoms with van der Waals surface area (Å²) >= 11 is 0. The fourth-order valence-electron chi connectivity index (χ4n) is 8.89. The number of rotatable bonds is 3. The zero-order valence-electron chi connectivity index (χ0n) is 25.8. The number of benzene rings is 4. The molecule has 3 heterocycles. The van der Waals surface area contributed by atoms with Crippen LogP contribution in [0.3, 0.4) is 0 Å². The summed E-state index contributed by atoms with van der Waals surface area (Å²) in [5.74, 6) is 2.28. The summed E-state index contributed by atoms with van der Waals surface area (Å²) in [6, 6.07) is 34.8. The SMILES string of the molecule is CC12C=CCCC1C1C(=NC(c3ccccc3)N=C1C1=CCCc3c1oc1c4c(ccc31)C(c1ccccc1)c1ccccc1-4)O2. The molecule has 5 atom stereocenters. The minimum Gasteiger partial charge on any atom is -0.470 e. The van der Waals surface area contributed by atoms with Crippen molar-refractivity contribution in [1.29, 1.82) is 0 Å². The van der Waals surface area contributed by atoms with E-state index in [1.54, 1.807) is 0 Å². The standard InChI is InChI=1S/C42H34N2O2/c1-42-24-11-10-21-33(42)36-37(43-40(44-41(36)46-42)26-15-6-3-7-16-26)32-20-12-19-29-30-22-23-31-34(25-13-4-2-5-14-25)27-17-8-9-18-28(27)35(31)39(30)45-38(29)32/h2-9,11,13-18,20,22-24,33-34,36,40H,10,12,19,21H2,1H3. The molecule has 5 aromatic rings. The van der Waals surface area contributed by atoms with Crippen LogP contribution < -0.4 is 0 Å². The van der Waals surface area contributed by atoms with Crippen LogP contribution in [0.2, 0.25) is 0 Å². The number of aryl methyl sites for hydroxylation is 1. The van der Waals surface area contributed by atoms with Crippen molar-refractivity contribution in [3.05, 3.63) is 149 Å². The summed E-state index contributed by atoms with van der Waals surface area (Å²) in [7, 11) is 0. The van der Waals surface area contributed by atoms with Crippen molar-refractivity contribution >= 4 is 28.2 Å². The van der Waals surface area contributed by atoms with Crippen LogP contribution >= 0.6 is 0 Å². The summed E-state index contributed by atoms with van der Waals surface area (Å²) in [4.78, 5) is 10.6. The van der Waals surface area contributed by atoms with Gasteiger partial charge >= 0.3 is 0 Å². The molecule has 0 spiro atoms. The lowest BCUT2D eigenvalue weighted by Crippen LogP contribution is -2.37. The summed E-state index contributed by atoms with van der Waals surface area (Å²) in [5, 5.41) is 1.22. The Morgan fingerprint density at radius 3 is 2.41 bits per heavy atom. The monoisotopic (exact) mass is 598 g/mol. The van der Waals surface area contributed by atoms with Gasteiger partial charge in [-0.3, -0.25) is 4.99 Å². The zero-order valence-corrected chi connectivity index (χ0v) is 25.8. The molecule has 5 unspecified atom stereocenters. The minimum absolute atomic E-state index is 0.00854. The fraction of sp³-hybridized carbons (Fsp3) is 0.238. The Bertz CT molecular complexity index is 2170. The topological polar surface area (TPSA) is 47.1 Å². The minimum atomic E-state index is -0.378. The third-order valence-corrected chi connectivity index (χ3v) is 11.0. The van der Waals surface area contributed by atoms with Crippen LogP contribution in [0, 0.1) is 11.8 Å². The average molecular weight is 599 g/mol. The van der Waals surface area contributed by atoms with Crippen molar-refractivity contribution in [3.63, 3.8) is 0 Å². The lowest BCUT2D eigenvalue weighted by atomic mass is 9.72. The highest BCUT2D eigenvalue weighted by Crippen LogP contribution is 2.54. The molecule has 4 aromatic carbocycles. The van der Waals surface area contributed by atoms with Gasteiger partial charge in [-0.25, -0.2) is 4.99 Å². The first kappa shape index (κ1) is 26.3. The molecule has 4 nitrogen and oxygen atoms in total. The van der Waals surface area contributed by atoms with Gasteiger partial charge in [0.25, 0.3) is 0 Å². The van der Waals surface area contributed by atoms with Crippen LogP contribution in [-0.4, -0.2) is 17.2 Å². The average Bonchev–Trinajstić information content (AvgIpc) is 3.75. The van der Waals surface area contributed by atoms with Gasteiger partial charge < -0.3 is 9.15 Å². The highest BCUT2D eigenvalue weighted by Gasteiger charge is 2.55. The van der Waals surface area contributed by atoms with Crippen LogP contribution in [0.25, 0.3) is 27.7 Å². The second-order valence-corrected chi connectivity index (χ2v) is 13.5. The van der Waals surface area contributed by atoms with Gasteiger partial charge in [-0.15, -0.1) is 0 Å². The Labute approximate surface area is 268 Å². The van der Waals surface area contributed by atoms with Gasteiger partial charge in [0.2, 0.25) is 0 Å². The zero-order chi connectivity index (χ0) is 30.4. The molecule has 0 bridgehead atoms. The molecule has 1 saturated heterocycles. The van der Waals surface area contributed by atoms with Gasteiger partial charge in [-0.05, 0) is 66.5 Å². The molecule has 5 aliphatic rings. The number of allylic oxidation sites excluding steroid dienone is 3. The third kappa shape index (κ3) is 3.67. The predicted molar refractivity (Wildman–Crippen MR) is 184 cm³/mol. The first-order valence-electron chi connectivity index (χ1n) is 16.7. The number of furan rings is 1. The lowest BCUT2D eigenvalue weighted by molar-refractivity contribution is 0.0948. The molecule has 1 fully saturated rings. The Morgan fingerprint density at radius 1 is 0.783 bits per heavy atom. The van der Waals surface area contributed by atoms with Crippen LogP contribution in [0.15, 0.2) is 130 Å². The first-order valence-corrected chi connectivity index (χ1v) is 16.7. The molecule has 2 aliphatic heterocycles. The Morgan fingerprint density at radius 2 is 1.57 bits per heavy atom. The van der Waals surface area contributed by atoms with E-state index in [1.807, 2.05) is 6.07 Å². The molecule has 1 aromatic heterocycles. The lowest BCUT2D eigenvalue weighted by Gasteiger charge is -2.32. The van der Waals surface area contributed by atoms with E-state index in [-0.39, 0.29) is 29.5 Å². The molecule has 46 heavy (non-hydrogen) atoms. The van der Waals surface area contributed by atoms with Gasteiger partial charge in [0.15, 0.2) is 12.1 Å². The molecule has 10 rings (SSSR count). The molecule has 0 amide bonds. The second kappa shape index (κ2) is 9.77. The van der Waals surface area contributed by atoms with E-state index < -0.39 is 0 Å². The molecule has 0 N–H and O–H groups in total. The van der Waals surface area contributed by atoms with Crippen LogP contribution in [0.4, 0.5) is 0 Å². The van der Waals surface area contributed by atoms with Crippen molar-refractivity contribution < 1.29 is 9.15 Å². The van der Waals surface area contributed by atoms with Gasteiger partial charge in [0, 0.05) is 33.9 Å². The van der Waals surface area contributed by atoms with Crippen LogP contribution in [-0.2, 0) is 11.2 Å². The number of nitrogens with zero attached hydrogens (tertiary/aromatic N) is 2. The maximum atomic E-state index is 7.15. The molecule has 3 aliphatic carbocycles. The molecule has 0 radical (unpaired) electrons. The third-order valence-electron chi connectivity index (χ3n) is 11.0. The summed E-state index contributed by atoms with van der Waals surface area (Å²) in [6.45, 7) is 2.22. The van der Waals surface area contributed by atoms with Crippen molar-refractivity contribution in [2.24, 2.45) is 21.8 Å². The predicted octanol–water partition coefficient (Wildman–Crippen LogP) is 9.85. The Balaban J connectivity index is 1.16. The normalized spacial score (nSPS) is 27.0. The largest absolute Gasteiger partial charge is 0.470 e. The summed E-state index contributed by atoms with van der Waals surface area (Å²) in [5.41, 5.74) is 11.7. The maximum absolute atomic E-state index is 7.15. The molecule has 0 saturated carbocycles. The van der Waals surface area contributed by atoms with Gasteiger partial charge in [-0.2, -0.15) is 0 Å². The van der Waals surface area contributed by atoms with Crippen molar-refractivity contribution in [3.8, 4) is 11.1 Å². The molecular formula is C42H34N2O2. The highest BCUT2D eigenvalue weighted by atomic mass is 16.5. The molecule has 224 valence electrons. The fourth-order valence-corrected chi connectivity index (χ4v) is 8.89. The number of aliphatic imine (C=N–C) groups is 2. The van der Waals surface area contributed by atoms with E-state index in [0.29, 0.717) is 0 Å². The summed E-state index contributed by atoms with van der Waals surface area (Å²) < 4.78 is 13.9. The smallest absolute Gasteiger partial charge is 0.196 e. The van der Waals surface area contributed by atoms with Gasteiger partial charge in [-0.1, -0.05) is 109 Å². The van der Waals surface area contributed by atoms with E-state index >= 15 is 0 Å². The first-order chi connectivity index (χ1) is 22.7. The number of ether oxygens (including phenoxy) is 1. The Kier molecular flexibility index (Phi) is 5.58. The van der Waals surface area contributed by atoms with E-state index in [0.717, 1.165) is 59.8 Å². The van der Waals surface area contributed by atoms with Crippen LogP contribution in [0.1, 0.15) is 71.8 Å². The summed E-state index contributed by atoms with van der Waals surface area (Å²) in [6.07, 6.45) is 10.5. The van der Waals surface area contributed by atoms with Crippen molar-refractivity contribution in [1.82, 2.24) is 0 Å². The quantitative estimate of drug-likeness (QED) is 0.190. The Hall–Kier alpha value is -4.96. The van der Waals surface area contributed by atoms with E-state index in [9.17, 15) is 0 Å². The van der Waals surface area contributed by atoms with Crippen LogP contribution in [0.5, 0.6) is 0 Å². The molecule has 4 heteroatoms. The number of fused-ring (bicyclic) bond motifs is 10.